The molecule has 1 fully saturated rings. The predicted octanol–water partition coefficient (Wildman–Crippen LogP) is 4.73. The minimum atomic E-state index is -0.0495. The molecule has 2 heterocycles. The molecule has 1 aliphatic heterocycles. The Morgan fingerprint density at radius 3 is 2.23 bits per heavy atom. The first kappa shape index (κ1) is 30.0. The first-order valence-corrected chi connectivity index (χ1v) is 14.8. The van der Waals surface area contributed by atoms with Crippen LogP contribution in [0, 0.1) is 0 Å². The van der Waals surface area contributed by atoms with E-state index in [9.17, 15) is 14.7 Å². The number of carbonyl (C=O) groups excluding carboxylic acids is 2. The van der Waals surface area contributed by atoms with Gasteiger partial charge in [0.1, 0.15) is 0 Å². The van der Waals surface area contributed by atoms with Crippen LogP contribution >= 0.6 is 0 Å². The van der Waals surface area contributed by atoms with E-state index >= 15 is 0 Å². The van der Waals surface area contributed by atoms with Crippen LogP contribution in [-0.2, 0) is 4.79 Å². The number of rotatable bonds is 9. The molecular formula is C34H40N6O3. The molecule has 3 aromatic carbocycles. The third-order valence-corrected chi connectivity index (χ3v) is 8.17. The van der Waals surface area contributed by atoms with Crippen molar-refractivity contribution in [3.05, 3.63) is 89.5 Å². The molecule has 4 aromatic rings. The number of aromatic nitrogens is 1. The van der Waals surface area contributed by atoms with Gasteiger partial charge >= 0.3 is 0 Å². The van der Waals surface area contributed by atoms with E-state index in [-0.39, 0.29) is 17.7 Å². The smallest absolute Gasteiger partial charge is 0.253 e. The van der Waals surface area contributed by atoms with Crippen LogP contribution in [-0.4, -0.2) is 102 Å². The number of nitrogens with zero attached hydrogens (tertiary/aromatic N) is 5. The van der Waals surface area contributed by atoms with Gasteiger partial charge in [-0.1, -0.05) is 36.4 Å². The van der Waals surface area contributed by atoms with Gasteiger partial charge in [-0.05, 0) is 57.3 Å². The Labute approximate surface area is 253 Å². The molecule has 224 valence electrons. The first-order chi connectivity index (χ1) is 20.8. The summed E-state index contributed by atoms with van der Waals surface area (Å²) in [5, 5.41) is 11.9. The summed E-state index contributed by atoms with van der Waals surface area (Å²) in [6, 6.07) is 22.7. The highest BCUT2D eigenvalue weighted by atomic mass is 16.3. The van der Waals surface area contributed by atoms with Crippen molar-refractivity contribution in [1.82, 2.24) is 19.7 Å². The number of hydrogen-bond acceptors (Lipinski definition) is 6. The number of hydrogen-bond donors (Lipinski definition) is 2. The maximum Gasteiger partial charge on any atom is 0.253 e. The lowest BCUT2D eigenvalue weighted by atomic mass is 10.00. The Bertz CT molecular complexity index is 1600. The van der Waals surface area contributed by atoms with Crippen LogP contribution in [0.3, 0.4) is 0 Å². The summed E-state index contributed by atoms with van der Waals surface area (Å²) in [4.78, 5) is 41.9. The zero-order valence-corrected chi connectivity index (χ0v) is 25.4. The number of aromatic hydroxyl groups is 1. The lowest BCUT2D eigenvalue weighted by Crippen LogP contribution is -2.48. The Morgan fingerprint density at radius 2 is 1.58 bits per heavy atom. The van der Waals surface area contributed by atoms with Crippen LogP contribution in [0.5, 0.6) is 5.88 Å². The van der Waals surface area contributed by atoms with Gasteiger partial charge < -0.3 is 24.8 Å². The molecule has 2 amide bonds. The second-order valence-electron chi connectivity index (χ2n) is 11.0. The van der Waals surface area contributed by atoms with Crippen molar-refractivity contribution >= 4 is 39.8 Å². The van der Waals surface area contributed by atoms with Gasteiger partial charge in [0, 0.05) is 74.0 Å². The quantitative estimate of drug-likeness (QED) is 0.279. The van der Waals surface area contributed by atoms with Crippen molar-refractivity contribution in [2.75, 3.05) is 64.8 Å². The Balaban J connectivity index is 1.44. The van der Waals surface area contributed by atoms with Crippen LogP contribution in [0.15, 0.2) is 77.8 Å². The zero-order valence-electron chi connectivity index (χ0n) is 25.4. The van der Waals surface area contributed by atoms with E-state index in [4.69, 9.17) is 4.99 Å². The summed E-state index contributed by atoms with van der Waals surface area (Å²) in [5.74, 6) is -0.0178. The molecule has 1 saturated heterocycles. The van der Waals surface area contributed by atoms with Crippen LogP contribution in [0.4, 0.5) is 11.4 Å². The number of benzene rings is 3. The van der Waals surface area contributed by atoms with Gasteiger partial charge in [0.05, 0.1) is 23.5 Å². The number of nitrogens with one attached hydrogen (secondary N) is 1. The van der Waals surface area contributed by atoms with Crippen molar-refractivity contribution in [2.24, 2.45) is 4.99 Å². The lowest BCUT2D eigenvalue weighted by Gasteiger charge is -2.32. The van der Waals surface area contributed by atoms with Crippen LogP contribution < -0.4 is 4.90 Å². The van der Waals surface area contributed by atoms with E-state index in [2.05, 4.69) is 21.8 Å². The number of carbonyl (C=O) groups is 2. The molecule has 0 atom stereocenters. The van der Waals surface area contributed by atoms with Crippen molar-refractivity contribution in [3.63, 3.8) is 0 Å². The molecule has 9 nitrogen and oxygen atoms in total. The molecule has 43 heavy (non-hydrogen) atoms. The summed E-state index contributed by atoms with van der Waals surface area (Å²) in [5.41, 5.74) is 4.69. The van der Waals surface area contributed by atoms with Gasteiger partial charge in [-0.15, -0.1) is 0 Å². The minimum absolute atomic E-state index is 0.0177. The number of fused-ring (bicyclic) bond motifs is 1. The lowest BCUT2D eigenvalue weighted by molar-refractivity contribution is -0.119. The van der Waals surface area contributed by atoms with E-state index in [1.165, 1.54) is 0 Å². The van der Waals surface area contributed by atoms with Gasteiger partial charge in [-0.3, -0.25) is 14.5 Å². The largest absolute Gasteiger partial charge is 0.494 e. The van der Waals surface area contributed by atoms with Crippen LogP contribution in [0.1, 0.15) is 35.3 Å². The van der Waals surface area contributed by atoms with E-state index < -0.39 is 0 Å². The topological polar surface area (TPSA) is 95.5 Å². The molecule has 0 bridgehead atoms. The monoisotopic (exact) mass is 580 g/mol. The molecule has 1 aromatic heterocycles. The average Bonchev–Trinajstić information content (AvgIpc) is 3.36. The fourth-order valence-corrected chi connectivity index (χ4v) is 5.44. The standard InChI is InChI=1S/C34H40N6O3/c1-5-40(6-2)34(43)25-12-17-28-29(22-25)36-33(42)31(28)32(24-10-8-7-9-11-24)35-26-13-15-27(16-14-26)38(4)30(41)23-39-20-18-37(3)19-21-39/h7-17,22,36,42H,5-6,18-21,23H2,1-4H3. The van der Waals surface area contributed by atoms with Gasteiger partial charge in [-0.2, -0.15) is 0 Å². The van der Waals surface area contributed by atoms with Crippen molar-refractivity contribution in [3.8, 4) is 5.88 Å². The number of amides is 2. The Morgan fingerprint density at radius 1 is 0.907 bits per heavy atom. The van der Waals surface area contributed by atoms with Gasteiger partial charge in [0.2, 0.25) is 5.91 Å². The van der Waals surface area contributed by atoms with Gasteiger partial charge in [0.15, 0.2) is 5.88 Å². The molecule has 0 unspecified atom stereocenters. The summed E-state index contributed by atoms with van der Waals surface area (Å²) in [6.45, 7) is 9.27. The van der Waals surface area contributed by atoms with Gasteiger partial charge in [0.25, 0.3) is 5.91 Å². The zero-order chi connectivity index (χ0) is 30.5. The SMILES string of the molecule is CCN(CC)C(=O)c1ccc2c(C(=Nc3ccc(N(C)C(=O)CN4CCN(C)CC4)cc3)c3ccccc3)c(O)[nH]c2c1. The third-order valence-electron chi connectivity index (χ3n) is 8.17. The van der Waals surface area contributed by atoms with E-state index in [0.29, 0.717) is 47.7 Å². The summed E-state index contributed by atoms with van der Waals surface area (Å²) >= 11 is 0. The van der Waals surface area contributed by atoms with Gasteiger partial charge in [-0.25, -0.2) is 4.99 Å². The van der Waals surface area contributed by atoms with E-state index in [1.54, 1.807) is 29.0 Å². The highest BCUT2D eigenvalue weighted by Crippen LogP contribution is 2.32. The average molecular weight is 581 g/mol. The fraction of sp³-hybridized carbons (Fsp3) is 0.324. The van der Waals surface area contributed by atoms with Crippen molar-refractivity contribution in [2.45, 2.75) is 13.8 Å². The maximum absolute atomic E-state index is 13.0. The first-order valence-electron chi connectivity index (χ1n) is 14.8. The summed E-state index contributed by atoms with van der Waals surface area (Å²) in [6.07, 6.45) is 0. The molecular weight excluding hydrogens is 540 g/mol. The summed E-state index contributed by atoms with van der Waals surface area (Å²) in [7, 11) is 3.90. The molecule has 5 rings (SSSR count). The number of piperazine rings is 1. The van der Waals surface area contributed by atoms with Crippen molar-refractivity contribution < 1.29 is 14.7 Å². The minimum Gasteiger partial charge on any atom is -0.494 e. The second kappa shape index (κ2) is 13.2. The maximum atomic E-state index is 13.0. The number of aromatic amines is 1. The van der Waals surface area contributed by atoms with Crippen LogP contribution in [0.25, 0.3) is 10.9 Å². The molecule has 9 heteroatoms. The molecule has 0 radical (unpaired) electrons. The third kappa shape index (κ3) is 6.63. The molecule has 0 saturated carbocycles. The molecule has 0 spiro atoms. The molecule has 0 aliphatic carbocycles. The highest BCUT2D eigenvalue weighted by molar-refractivity contribution is 6.22. The van der Waals surface area contributed by atoms with E-state index in [1.807, 2.05) is 74.5 Å². The number of aliphatic imine (C=N–C) groups is 1. The predicted molar refractivity (Wildman–Crippen MR) is 173 cm³/mol. The number of H-pyrrole nitrogens is 1. The van der Waals surface area contributed by atoms with E-state index in [0.717, 1.165) is 42.8 Å². The molecule has 1 aliphatic rings. The number of anilines is 1. The van der Waals surface area contributed by atoms with Crippen molar-refractivity contribution in [1.29, 1.82) is 0 Å². The second-order valence-corrected chi connectivity index (χ2v) is 11.0. The fourth-order valence-electron chi connectivity index (χ4n) is 5.44. The normalized spacial score (nSPS) is 14.7. The summed E-state index contributed by atoms with van der Waals surface area (Å²) < 4.78 is 0. The van der Waals surface area contributed by atoms with Crippen LogP contribution in [0.2, 0.25) is 0 Å². The highest BCUT2D eigenvalue weighted by Gasteiger charge is 2.22. The molecule has 2 N–H and O–H groups in total. The Kier molecular flexibility index (Phi) is 9.23. The Hall–Kier alpha value is -4.47. The number of likely N-dealkylation sites (N-methyl/N-ethyl adjacent to an activating group) is 2.